The Balaban J connectivity index is 1.67. The van der Waals surface area contributed by atoms with Gasteiger partial charge in [-0.05, 0) is 24.7 Å². The first-order valence-electron chi connectivity index (χ1n) is 9.60. The molecule has 0 saturated carbocycles. The van der Waals surface area contributed by atoms with Gasteiger partial charge in [0.15, 0.2) is 5.96 Å². The lowest BCUT2D eigenvalue weighted by atomic mass is 10.2. The Morgan fingerprint density at radius 3 is 2.41 bits per heavy atom. The third kappa shape index (κ3) is 5.14. The highest BCUT2D eigenvalue weighted by molar-refractivity contribution is 7.89. The van der Waals surface area contributed by atoms with E-state index in [0.717, 1.165) is 24.3 Å². The van der Waals surface area contributed by atoms with Gasteiger partial charge in [-0.15, -0.1) is 0 Å². The zero-order valence-electron chi connectivity index (χ0n) is 17.2. The van der Waals surface area contributed by atoms with E-state index < -0.39 is 10.0 Å². The fraction of sp³-hybridized carbons (Fsp3) is 0.474. The SMILES string of the molecule is CN=C(NCc1ccccc1S(=O)(=O)N1CCN(C)CC1)NCc1ccnn1C. The van der Waals surface area contributed by atoms with Crippen molar-refractivity contribution in [2.24, 2.45) is 12.0 Å². The number of aromatic nitrogens is 2. The topological polar surface area (TPSA) is 94.9 Å². The van der Waals surface area contributed by atoms with Gasteiger partial charge in [-0.2, -0.15) is 9.40 Å². The van der Waals surface area contributed by atoms with Crippen molar-refractivity contribution < 1.29 is 8.42 Å². The third-order valence-corrected chi connectivity index (χ3v) is 7.08. The maximum atomic E-state index is 13.2. The van der Waals surface area contributed by atoms with Crippen molar-refractivity contribution in [1.29, 1.82) is 0 Å². The minimum atomic E-state index is -3.53. The van der Waals surface area contributed by atoms with Gasteiger partial charge in [0.05, 0.1) is 17.1 Å². The lowest BCUT2D eigenvalue weighted by molar-refractivity contribution is 0.222. The van der Waals surface area contributed by atoms with Gasteiger partial charge in [0.2, 0.25) is 10.0 Å². The van der Waals surface area contributed by atoms with Gasteiger partial charge >= 0.3 is 0 Å². The van der Waals surface area contributed by atoms with Crippen LogP contribution >= 0.6 is 0 Å². The van der Waals surface area contributed by atoms with E-state index >= 15 is 0 Å². The molecule has 3 rings (SSSR count). The fourth-order valence-corrected chi connectivity index (χ4v) is 4.86. The zero-order chi connectivity index (χ0) is 20.9. The van der Waals surface area contributed by atoms with Gasteiger partial charge < -0.3 is 15.5 Å². The molecule has 1 aromatic heterocycles. The molecule has 2 heterocycles. The summed E-state index contributed by atoms with van der Waals surface area (Å²) in [6.07, 6.45) is 1.74. The first-order valence-corrected chi connectivity index (χ1v) is 11.0. The average molecular weight is 420 g/mol. The number of sulfonamides is 1. The molecule has 0 unspecified atom stereocenters. The molecular weight excluding hydrogens is 390 g/mol. The van der Waals surface area contributed by atoms with Crippen LogP contribution in [-0.4, -0.2) is 73.6 Å². The van der Waals surface area contributed by atoms with Gasteiger partial charge in [-0.25, -0.2) is 8.42 Å². The van der Waals surface area contributed by atoms with Crippen LogP contribution in [0.25, 0.3) is 0 Å². The molecular formula is C19H29N7O2S. The number of hydrogen-bond donors (Lipinski definition) is 2. The van der Waals surface area contributed by atoms with Gasteiger partial charge in [0.25, 0.3) is 0 Å². The molecule has 0 atom stereocenters. The Morgan fingerprint density at radius 1 is 1.07 bits per heavy atom. The van der Waals surface area contributed by atoms with Crippen LogP contribution in [0.5, 0.6) is 0 Å². The minimum absolute atomic E-state index is 0.346. The lowest BCUT2D eigenvalue weighted by Crippen LogP contribution is -2.47. The number of guanidine groups is 1. The molecule has 1 aliphatic rings. The van der Waals surface area contributed by atoms with Crippen molar-refractivity contribution in [2.75, 3.05) is 40.3 Å². The van der Waals surface area contributed by atoms with Crippen molar-refractivity contribution in [3.63, 3.8) is 0 Å². The molecule has 0 bridgehead atoms. The van der Waals surface area contributed by atoms with Crippen LogP contribution in [0, 0.1) is 0 Å². The fourth-order valence-electron chi connectivity index (χ4n) is 3.22. The molecule has 9 nitrogen and oxygen atoms in total. The molecule has 0 amide bonds. The van der Waals surface area contributed by atoms with Crippen LogP contribution in [0.4, 0.5) is 0 Å². The Bertz CT molecular complexity index is 947. The smallest absolute Gasteiger partial charge is 0.243 e. The summed E-state index contributed by atoms with van der Waals surface area (Å²) in [5.41, 5.74) is 1.74. The van der Waals surface area contributed by atoms with E-state index in [-0.39, 0.29) is 0 Å². The highest BCUT2D eigenvalue weighted by atomic mass is 32.2. The standard InChI is InChI=1S/C19H29N7O2S/c1-20-19(22-15-17-8-9-23-25(17)3)21-14-16-6-4-5-7-18(16)29(27,28)26-12-10-24(2)11-13-26/h4-9H,10-15H2,1-3H3,(H2,20,21,22). The second kappa shape index (κ2) is 9.38. The number of benzene rings is 1. The molecule has 1 fully saturated rings. The highest BCUT2D eigenvalue weighted by Crippen LogP contribution is 2.21. The molecule has 158 valence electrons. The van der Waals surface area contributed by atoms with Crippen LogP contribution in [0.1, 0.15) is 11.3 Å². The summed E-state index contributed by atoms with van der Waals surface area (Å²) in [6, 6.07) is 9.06. The molecule has 2 N–H and O–H groups in total. The van der Waals surface area contributed by atoms with Crippen LogP contribution < -0.4 is 10.6 Å². The molecule has 1 saturated heterocycles. The maximum absolute atomic E-state index is 13.2. The van der Waals surface area contributed by atoms with Gasteiger partial charge in [0.1, 0.15) is 0 Å². The van der Waals surface area contributed by atoms with E-state index in [1.807, 2.05) is 32.3 Å². The first-order chi connectivity index (χ1) is 13.9. The Kier molecular flexibility index (Phi) is 6.88. The quantitative estimate of drug-likeness (QED) is 0.514. The number of nitrogens with one attached hydrogen (secondary N) is 2. The van der Waals surface area contributed by atoms with Crippen molar-refractivity contribution in [3.8, 4) is 0 Å². The van der Waals surface area contributed by atoms with Gasteiger partial charge in [-0.3, -0.25) is 9.67 Å². The normalized spacial score (nSPS) is 16.7. The predicted molar refractivity (Wildman–Crippen MR) is 113 cm³/mol. The Labute approximate surface area is 172 Å². The summed E-state index contributed by atoms with van der Waals surface area (Å²) in [5, 5.41) is 10.6. The number of aryl methyl sites for hydroxylation is 1. The second-order valence-corrected chi connectivity index (χ2v) is 8.95. The van der Waals surface area contributed by atoms with E-state index in [9.17, 15) is 8.42 Å². The van der Waals surface area contributed by atoms with E-state index in [1.165, 1.54) is 0 Å². The molecule has 1 aliphatic heterocycles. The zero-order valence-corrected chi connectivity index (χ0v) is 18.0. The van der Waals surface area contributed by atoms with Gasteiger partial charge in [0, 0.05) is 53.0 Å². The summed E-state index contributed by atoms with van der Waals surface area (Å²) < 4.78 is 29.7. The lowest BCUT2D eigenvalue weighted by Gasteiger charge is -2.32. The number of hydrogen-bond acceptors (Lipinski definition) is 5. The van der Waals surface area contributed by atoms with Crippen molar-refractivity contribution in [3.05, 3.63) is 47.8 Å². The van der Waals surface area contributed by atoms with Crippen LogP contribution in [0.2, 0.25) is 0 Å². The molecule has 0 aliphatic carbocycles. The minimum Gasteiger partial charge on any atom is -0.352 e. The van der Waals surface area contributed by atoms with Gasteiger partial charge in [-0.1, -0.05) is 18.2 Å². The summed E-state index contributed by atoms with van der Waals surface area (Å²) >= 11 is 0. The largest absolute Gasteiger partial charge is 0.352 e. The van der Waals surface area contributed by atoms with Crippen LogP contribution in [-0.2, 0) is 30.2 Å². The molecule has 2 aromatic rings. The predicted octanol–water partition coefficient (Wildman–Crippen LogP) is 0.221. The summed E-state index contributed by atoms with van der Waals surface area (Å²) in [4.78, 5) is 6.70. The van der Waals surface area contributed by atoms with Crippen LogP contribution in [0.3, 0.4) is 0 Å². The third-order valence-electron chi connectivity index (χ3n) is 5.08. The Hall–Kier alpha value is -2.43. The second-order valence-electron chi connectivity index (χ2n) is 7.04. The van der Waals surface area contributed by atoms with Crippen molar-refractivity contribution >= 4 is 16.0 Å². The number of piperazine rings is 1. The van der Waals surface area contributed by atoms with E-state index in [1.54, 1.807) is 34.4 Å². The van der Waals surface area contributed by atoms with E-state index in [0.29, 0.717) is 37.0 Å². The highest BCUT2D eigenvalue weighted by Gasteiger charge is 2.29. The average Bonchev–Trinajstić information content (AvgIpc) is 3.13. The number of aliphatic imine (C=N–C) groups is 1. The van der Waals surface area contributed by atoms with Crippen molar-refractivity contribution in [2.45, 2.75) is 18.0 Å². The van der Waals surface area contributed by atoms with Crippen molar-refractivity contribution in [1.82, 2.24) is 29.6 Å². The number of nitrogens with zero attached hydrogens (tertiary/aromatic N) is 5. The number of rotatable bonds is 6. The molecule has 1 aromatic carbocycles. The van der Waals surface area contributed by atoms with E-state index in [2.05, 4.69) is 25.6 Å². The molecule has 10 heteroatoms. The molecule has 0 radical (unpaired) electrons. The van der Waals surface area contributed by atoms with E-state index in [4.69, 9.17) is 0 Å². The Morgan fingerprint density at radius 2 is 1.76 bits per heavy atom. The number of likely N-dealkylation sites (N-methyl/N-ethyl adjacent to an activating group) is 1. The molecule has 29 heavy (non-hydrogen) atoms. The monoisotopic (exact) mass is 419 g/mol. The maximum Gasteiger partial charge on any atom is 0.243 e. The first kappa shape index (κ1) is 21.3. The summed E-state index contributed by atoms with van der Waals surface area (Å²) in [7, 11) is 2.04. The summed E-state index contributed by atoms with van der Waals surface area (Å²) in [5.74, 6) is 0.595. The summed E-state index contributed by atoms with van der Waals surface area (Å²) in [6.45, 7) is 3.42. The van der Waals surface area contributed by atoms with Crippen LogP contribution in [0.15, 0.2) is 46.4 Å². The molecule has 0 spiro atoms.